The van der Waals surface area contributed by atoms with E-state index in [0.717, 1.165) is 37.9 Å². The Balaban J connectivity index is 2.51. The van der Waals surface area contributed by atoms with Crippen molar-refractivity contribution in [3.8, 4) is 12.3 Å². The first-order valence-electron chi connectivity index (χ1n) is 10.1. The van der Waals surface area contributed by atoms with Crippen LogP contribution in [0.3, 0.4) is 0 Å². The van der Waals surface area contributed by atoms with Crippen LogP contribution in [0.15, 0.2) is 23.3 Å². The maximum absolute atomic E-state index is 12.6. The fraction of sp³-hybridized carbons (Fsp3) is 0.696. The second kappa shape index (κ2) is 12.1. The number of likely N-dealkylation sites (tertiary alicyclic amines) is 1. The quantitative estimate of drug-likeness (QED) is 0.413. The molecule has 0 spiro atoms. The zero-order valence-electron chi connectivity index (χ0n) is 16.8. The van der Waals surface area contributed by atoms with Gasteiger partial charge < -0.3 is 0 Å². The second-order valence-electron chi connectivity index (χ2n) is 7.58. The summed E-state index contributed by atoms with van der Waals surface area (Å²) in [7, 11) is 0. The third-order valence-corrected chi connectivity index (χ3v) is 5.54. The molecule has 2 nitrogen and oxygen atoms in total. The monoisotopic (exact) mass is 343 g/mol. The highest BCUT2D eigenvalue weighted by Crippen LogP contribution is 2.23. The fourth-order valence-electron chi connectivity index (χ4n) is 3.38. The van der Waals surface area contributed by atoms with E-state index in [9.17, 15) is 4.79 Å². The molecule has 0 N–H and O–H groups in total. The van der Waals surface area contributed by atoms with Crippen LogP contribution in [0.1, 0.15) is 72.6 Å². The number of ketones is 1. The van der Waals surface area contributed by atoms with E-state index in [0.29, 0.717) is 18.2 Å². The van der Waals surface area contributed by atoms with Gasteiger partial charge in [0.1, 0.15) is 5.78 Å². The lowest BCUT2D eigenvalue weighted by atomic mass is 9.86. The van der Waals surface area contributed by atoms with E-state index < -0.39 is 0 Å². The van der Waals surface area contributed by atoms with E-state index >= 15 is 0 Å². The van der Waals surface area contributed by atoms with Crippen molar-refractivity contribution in [3.05, 3.63) is 23.3 Å². The lowest BCUT2D eigenvalue weighted by Gasteiger charge is -2.24. The zero-order valence-corrected chi connectivity index (χ0v) is 16.8. The molecular formula is C23H37NO. The van der Waals surface area contributed by atoms with Crippen molar-refractivity contribution in [2.24, 2.45) is 11.8 Å². The minimum atomic E-state index is 0.105. The Kier molecular flexibility index (Phi) is 10.5. The molecule has 2 unspecified atom stereocenters. The molecule has 0 saturated carbocycles. The van der Waals surface area contributed by atoms with E-state index in [1.807, 2.05) is 0 Å². The predicted octanol–water partition coefficient (Wildman–Crippen LogP) is 5.40. The van der Waals surface area contributed by atoms with Crippen LogP contribution in [0.4, 0.5) is 0 Å². The predicted molar refractivity (Wildman–Crippen MR) is 108 cm³/mol. The lowest BCUT2D eigenvalue weighted by Crippen LogP contribution is -2.35. The highest BCUT2D eigenvalue weighted by molar-refractivity contribution is 5.82. The van der Waals surface area contributed by atoms with Gasteiger partial charge in [-0.3, -0.25) is 9.69 Å². The summed E-state index contributed by atoms with van der Waals surface area (Å²) in [4.78, 5) is 15.0. The van der Waals surface area contributed by atoms with Crippen molar-refractivity contribution in [3.63, 3.8) is 0 Å². The van der Waals surface area contributed by atoms with E-state index in [1.165, 1.54) is 31.3 Å². The maximum atomic E-state index is 12.6. The number of Topliss-reactive ketones (excluding diaryl/α,β-unsaturated/α-hetero) is 1. The summed E-state index contributed by atoms with van der Waals surface area (Å²) in [6, 6.07) is 0. The molecule has 0 bridgehead atoms. The number of carbonyl (C=O) groups excluding carboxylic acids is 1. The third kappa shape index (κ3) is 8.06. The van der Waals surface area contributed by atoms with Gasteiger partial charge in [-0.25, -0.2) is 0 Å². The van der Waals surface area contributed by atoms with E-state index in [4.69, 9.17) is 6.42 Å². The van der Waals surface area contributed by atoms with Crippen LogP contribution in [0.2, 0.25) is 0 Å². The average molecular weight is 344 g/mol. The van der Waals surface area contributed by atoms with Crippen molar-refractivity contribution in [1.29, 1.82) is 0 Å². The van der Waals surface area contributed by atoms with Gasteiger partial charge in [-0.1, -0.05) is 51.7 Å². The Bertz CT molecular complexity index is 501. The minimum Gasteiger partial charge on any atom is -0.298 e. The molecule has 1 heterocycles. The largest absolute Gasteiger partial charge is 0.298 e. The summed E-state index contributed by atoms with van der Waals surface area (Å²) >= 11 is 0. The van der Waals surface area contributed by atoms with Crippen molar-refractivity contribution in [1.82, 2.24) is 4.90 Å². The molecule has 0 aromatic heterocycles. The molecule has 0 aliphatic carbocycles. The normalized spacial score (nSPS) is 19.8. The van der Waals surface area contributed by atoms with Gasteiger partial charge in [-0.2, -0.15) is 0 Å². The fourth-order valence-corrected chi connectivity index (χ4v) is 3.38. The number of terminal acetylenes is 1. The Morgan fingerprint density at radius 1 is 1.20 bits per heavy atom. The molecule has 1 rings (SSSR count). The van der Waals surface area contributed by atoms with Crippen LogP contribution in [0.5, 0.6) is 0 Å². The molecule has 1 aliphatic rings. The second-order valence-corrected chi connectivity index (χ2v) is 7.58. The summed E-state index contributed by atoms with van der Waals surface area (Å²) in [5.41, 5.74) is 2.25. The van der Waals surface area contributed by atoms with Crippen molar-refractivity contribution in [2.75, 3.05) is 19.6 Å². The Hall–Kier alpha value is -1.33. The highest BCUT2D eigenvalue weighted by atomic mass is 16.1. The molecule has 140 valence electrons. The van der Waals surface area contributed by atoms with Gasteiger partial charge in [0.25, 0.3) is 0 Å². The molecule has 0 radical (unpaired) electrons. The zero-order chi connectivity index (χ0) is 18.7. The first-order valence-corrected chi connectivity index (χ1v) is 10.1. The molecule has 1 fully saturated rings. The van der Waals surface area contributed by atoms with Gasteiger partial charge in [0, 0.05) is 11.5 Å². The van der Waals surface area contributed by atoms with E-state index in [2.05, 4.69) is 50.7 Å². The summed E-state index contributed by atoms with van der Waals surface area (Å²) in [5, 5.41) is 0. The van der Waals surface area contributed by atoms with Crippen molar-refractivity contribution >= 4 is 5.78 Å². The number of hydrogen-bond donors (Lipinski definition) is 0. The van der Waals surface area contributed by atoms with Crippen LogP contribution in [0.25, 0.3) is 0 Å². The third-order valence-electron chi connectivity index (χ3n) is 5.54. The Morgan fingerprint density at radius 2 is 1.84 bits per heavy atom. The molecule has 25 heavy (non-hydrogen) atoms. The van der Waals surface area contributed by atoms with Gasteiger partial charge in [0.15, 0.2) is 0 Å². The van der Waals surface area contributed by atoms with Crippen LogP contribution < -0.4 is 0 Å². The Labute approximate surface area is 155 Å². The lowest BCUT2D eigenvalue weighted by molar-refractivity contribution is -0.125. The summed E-state index contributed by atoms with van der Waals surface area (Å²) in [6.45, 7) is 11.3. The SMILES string of the molecule is C#C/C(CCC(C)C(C)C(=O)CN1CCCCCC1)=C(C)\C=C\CC. The highest BCUT2D eigenvalue weighted by Gasteiger charge is 2.22. The number of nitrogens with zero attached hydrogens (tertiary/aromatic N) is 1. The van der Waals surface area contributed by atoms with Gasteiger partial charge in [-0.05, 0) is 63.6 Å². The number of hydrogen-bond acceptors (Lipinski definition) is 2. The topological polar surface area (TPSA) is 20.3 Å². The van der Waals surface area contributed by atoms with E-state index in [1.54, 1.807) is 0 Å². The van der Waals surface area contributed by atoms with Gasteiger partial charge in [0.2, 0.25) is 0 Å². The average Bonchev–Trinajstić information content (AvgIpc) is 2.88. The standard InChI is InChI=1S/C23H37NO/c1-6-8-13-20(4)22(7-2)15-14-19(3)21(5)23(25)18-24-16-11-9-10-12-17-24/h2,8,13,19,21H,6,9-12,14-18H2,1,3-5H3/b13-8+,22-20+. The van der Waals surface area contributed by atoms with Crippen LogP contribution in [0, 0.1) is 24.2 Å². The first kappa shape index (κ1) is 21.7. The summed E-state index contributed by atoms with van der Waals surface area (Å²) in [6.07, 6.45) is 17.9. The van der Waals surface area contributed by atoms with Gasteiger partial charge >= 0.3 is 0 Å². The molecule has 1 saturated heterocycles. The number of allylic oxidation sites excluding steroid dienone is 4. The molecule has 0 aromatic rings. The van der Waals surface area contributed by atoms with E-state index in [-0.39, 0.29) is 5.92 Å². The molecule has 1 aliphatic heterocycles. The molecule has 0 amide bonds. The Morgan fingerprint density at radius 3 is 2.40 bits per heavy atom. The van der Waals surface area contributed by atoms with Gasteiger partial charge in [-0.15, -0.1) is 6.42 Å². The van der Waals surface area contributed by atoms with Gasteiger partial charge in [0.05, 0.1) is 6.54 Å². The first-order chi connectivity index (χ1) is 12.0. The smallest absolute Gasteiger partial charge is 0.149 e. The van der Waals surface area contributed by atoms with Crippen molar-refractivity contribution < 1.29 is 4.79 Å². The molecule has 0 aromatic carbocycles. The number of rotatable bonds is 9. The maximum Gasteiger partial charge on any atom is 0.149 e. The molecule has 2 heteroatoms. The van der Waals surface area contributed by atoms with Crippen LogP contribution in [-0.4, -0.2) is 30.3 Å². The minimum absolute atomic E-state index is 0.105. The van der Waals surface area contributed by atoms with Crippen LogP contribution >= 0.6 is 0 Å². The molecule has 2 atom stereocenters. The summed E-state index contributed by atoms with van der Waals surface area (Å²) < 4.78 is 0. The van der Waals surface area contributed by atoms with Crippen LogP contribution in [-0.2, 0) is 4.79 Å². The van der Waals surface area contributed by atoms with Crippen molar-refractivity contribution in [2.45, 2.75) is 72.6 Å². The number of carbonyl (C=O) groups is 1. The molecular weight excluding hydrogens is 306 g/mol. The summed E-state index contributed by atoms with van der Waals surface area (Å²) in [5.74, 6) is 3.71.